The Morgan fingerprint density at radius 3 is 2.35 bits per heavy atom. The van der Waals surface area contributed by atoms with E-state index in [1.807, 2.05) is 13.8 Å². The molecule has 0 saturated heterocycles. The van der Waals surface area contributed by atoms with Gasteiger partial charge in [-0.15, -0.1) is 5.10 Å². The molecule has 0 atom stereocenters. The summed E-state index contributed by atoms with van der Waals surface area (Å²) in [5.41, 5.74) is 1.28. The zero-order valence-electron chi connectivity index (χ0n) is 11.4. The zero-order chi connectivity index (χ0) is 14.7. The van der Waals surface area contributed by atoms with Crippen LogP contribution >= 0.6 is 0 Å². The van der Waals surface area contributed by atoms with Crippen LogP contribution in [0.3, 0.4) is 0 Å². The number of nitrogens with zero attached hydrogens (tertiary/aromatic N) is 3. The van der Waals surface area contributed by atoms with Crippen molar-refractivity contribution in [3.05, 3.63) is 35.7 Å². The Balaban J connectivity index is 2.58. The molecule has 0 aliphatic carbocycles. The fourth-order valence-electron chi connectivity index (χ4n) is 2.27. The van der Waals surface area contributed by atoms with Crippen LogP contribution < -0.4 is 0 Å². The Labute approximate surface area is 116 Å². The molecule has 1 aromatic carbocycles. The maximum absolute atomic E-state index is 11.3. The molecule has 20 heavy (non-hydrogen) atoms. The van der Waals surface area contributed by atoms with Crippen LogP contribution in [0.15, 0.2) is 24.3 Å². The van der Waals surface area contributed by atoms with E-state index in [9.17, 15) is 15.0 Å². The van der Waals surface area contributed by atoms with E-state index in [1.54, 1.807) is 16.8 Å². The largest absolute Gasteiger partial charge is 0.508 e. The Hall–Kier alpha value is -2.37. The van der Waals surface area contributed by atoms with Crippen molar-refractivity contribution < 1.29 is 15.0 Å². The summed E-state index contributed by atoms with van der Waals surface area (Å²) in [6.45, 7) is 4.02. The van der Waals surface area contributed by atoms with Gasteiger partial charge in [0.15, 0.2) is 5.69 Å². The predicted octanol–water partition coefficient (Wildman–Crippen LogP) is 2.57. The second kappa shape index (κ2) is 5.73. The maximum Gasteiger partial charge on any atom is 0.358 e. The van der Waals surface area contributed by atoms with Gasteiger partial charge >= 0.3 is 5.97 Å². The van der Waals surface area contributed by atoms with E-state index in [-0.39, 0.29) is 17.4 Å². The third kappa shape index (κ3) is 2.49. The van der Waals surface area contributed by atoms with E-state index in [0.29, 0.717) is 11.4 Å². The van der Waals surface area contributed by atoms with Crippen molar-refractivity contribution in [1.82, 2.24) is 15.0 Å². The third-order valence-electron chi connectivity index (χ3n) is 3.37. The monoisotopic (exact) mass is 275 g/mol. The summed E-state index contributed by atoms with van der Waals surface area (Å²) >= 11 is 0. The van der Waals surface area contributed by atoms with Crippen molar-refractivity contribution in [2.75, 3.05) is 0 Å². The van der Waals surface area contributed by atoms with Crippen LogP contribution in [0.1, 0.15) is 48.8 Å². The molecular weight excluding hydrogens is 258 g/mol. The van der Waals surface area contributed by atoms with Gasteiger partial charge in [0.05, 0.1) is 11.4 Å². The van der Waals surface area contributed by atoms with Crippen LogP contribution in [0.2, 0.25) is 0 Å². The summed E-state index contributed by atoms with van der Waals surface area (Å²) in [5.74, 6) is -0.849. The molecule has 6 nitrogen and oxygen atoms in total. The molecule has 0 bridgehead atoms. The van der Waals surface area contributed by atoms with Gasteiger partial charge in [-0.3, -0.25) is 0 Å². The lowest BCUT2D eigenvalue weighted by Crippen LogP contribution is -2.11. The number of carbonyl (C=O) groups is 1. The number of hydrogen-bond donors (Lipinski definition) is 2. The van der Waals surface area contributed by atoms with Gasteiger partial charge in [0, 0.05) is 5.92 Å². The summed E-state index contributed by atoms with van der Waals surface area (Å²) in [6, 6.07) is 6.44. The number of rotatable bonds is 5. The van der Waals surface area contributed by atoms with Gasteiger partial charge in [0.25, 0.3) is 0 Å². The Kier molecular flexibility index (Phi) is 4.02. The van der Waals surface area contributed by atoms with Gasteiger partial charge in [-0.1, -0.05) is 19.1 Å². The molecule has 1 aromatic heterocycles. The first-order valence-corrected chi connectivity index (χ1v) is 6.56. The summed E-state index contributed by atoms with van der Waals surface area (Å²) in [6.07, 6.45) is 1.62. The number of aromatic nitrogens is 3. The molecule has 0 saturated carbocycles. The molecule has 0 fully saturated rings. The molecular formula is C14H17N3O3. The molecule has 106 valence electrons. The quantitative estimate of drug-likeness (QED) is 0.875. The summed E-state index contributed by atoms with van der Waals surface area (Å²) in [7, 11) is 0. The zero-order valence-corrected chi connectivity index (χ0v) is 11.4. The highest BCUT2D eigenvalue weighted by atomic mass is 16.4. The molecule has 1 heterocycles. The van der Waals surface area contributed by atoms with E-state index in [0.717, 1.165) is 12.8 Å². The number of carboxylic acids is 1. The summed E-state index contributed by atoms with van der Waals surface area (Å²) in [4.78, 5) is 11.3. The molecule has 0 radical (unpaired) electrons. The Morgan fingerprint density at radius 2 is 1.85 bits per heavy atom. The van der Waals surface area contributed by atoms with Crippen LogP contribution in [0, 0.1) is 0 Å². The van der Waals surface area contributed by atoms with Crippen LogP contribution in [0.5, 0.6) is 5.75 Å². The fourth-order valence-corrected chi connectivity index (χ4v) is 2.27. The first-order valence-electron chi connectivity index (χ1n) is 6.56. The topological polar surface area (TPSA) is 88.2 Å². The van der Waals surface area contributed by atoms with E-state index in [2.05, 4.69) is 10.3 Å². The molecule has 0 aliphatic heterocycles. The molecule has 0 unspecified atom stereocenters. The standard InChI is InChI=1S/C14H17N3O3/c1-3-9(4-2)13-12(14(19)20)15-16-17(13)10-5-7-11(18)8-6-10/h5-9,18H,3-4H2,1-2H3,(H,19,20). The number of benzene rings is 1. The van der Waals surface area contributed by atoms with Crippen molar-refractivity contribution in [3.63, 3.8) is 0 Å². The average molecular weight is 275 g/mol. The molecule has 2 rings (SSSR count). The number of phenolic OH excluding ortho intramolecular Hbond substituents is 1. The first kappa shape index (κ1) is 14.0. The summed E-state index contributed by atoms with van der Waals surface area (Å²) in [5, 5.41) is 26.3. The van der Waals surface area contributed by atoms with Gasteiger partial charge in [-0.25, -0.2) is 9.48 Å². The second-order valence-corrected chi connectivity index (χ2v) is 4.57. The van der Waals surface area contributed by atoms with E-state index in [1.165, 1.54) is 12.1 Å². The molecule has 2 aromatic rings. The number of aromatic hydroxyl groups is 1. The van der Waals surface area contributed by atoms with E-state index in [4.69, 9.17) is 0 Å². The molecule has 2 N–H and O–H groups in total. The van der Waals surface area contributed by atoms with Gasteiger partial charge in [-0.05, 0) is 37.1 Å². The maximum atomic E-state index is 11.3. The highest BCUT2D eigenvalue weighted by Gasteiger charge is 2.25. The Bertz CT molecular complexity index is 601. The predicted molar refractivity (Wildman–Crippen MR) is 73.3 cm³/mol. The van der Waals surface area contributed by atoms with Gasteiger partial charge in [0.1, 0.15) is 5.75 Å². The van der Waals surface area contributed by atoms with Gasteiger partial charge in [-0.2, -0.15) is 0 Å². The number of hydrogen-bond acceptors (Lipinski definition) is 4. The SMILES string of the molecule is CCC(CC)c1c(C(=O)O)nnn1-c1ccc(O)cc1. The lowest BCUT2D eigenvalue weighted by molar-refractivity contribution is 0.0688. The minimum absolute atomic E-state index is 0.00762. The minimum atomic E-state index is -1.07. The number of phenols is 1. The van der Waals surface area contributed by atoms with E-state index < -0.39 is 5.97 Å². The van der Waals surface area contributed by atoms with Crippen molar-refractivity contribution in [3.8, 4) is 11.4 Å². The fraction of sp³-hybridized carbons (Fsp3) is 0.357. The smallest absolute Gasteiger partial charge is 0.358 e. The highest BCUT2D eigenvalue weighted by Crippen LogP contribution is 2.27. The molecule has 6 heteroatoms. The van der Waals surface area contributed by atoms with Crippen molar-refractivity contribution in [1.29, 1.82) is 0 Å². The third-order valence-corrected chi connectivity index (χ3v) is 3.37. The lowest BCUT2D eigenvalue weighted by Gasteiger charge is -2.15. The molecule has 0 spiro atoms. The van der Waals surface area contributed by atoms with Crippen LogP contribution in [-0.2, 0) is 0 Å². The van der Waals surface area contributed by atoms with Crippen LogP contribution in [0.25, 0.3) is 5.69 Å². The van der Waals surface area contributed by atoms with Crippen molar-refractivity contribution >= 4 is 5.97 Å². The molecule has 0 amide bonds. The normalized spacial score (nSPS) is 10.9. The van der Waals surface area contributed by atoms with E-state index >= 15 is 0 Å². The minimum Gasteiger partial charge on any atom is -0.508 e. The summed E-state index contributed by atoms with van der Waals surface area (Å²) < 4.78 is 1.54. The highest BCUT2D eigenvalue weighted by molar-refractivity contribution is 5.86. The molecule has 0 aliphatic rings. The Morgan fingerprint density at radius 1 is 1.25 bits per heavy atom. The average Bonchev–Trinajstić information content (AvgIpc) is 2.86. The number of aromatic carboxylic acids is 1. The van der Waals surface area contributed by atoms with Gasteiger partial charge < -0.3 is 10.2 Å². The van der Waals surface area contributed by atoms with Gasteiger partial charge in [0.2, 0.25) is 0 Å². The van der Waals surface area contributed by atoms with Crippen LogP contribution in [0.4, 0.5) is 0 Å². The first-order chi connectivity index (χ1) is 9.58. The second-order valence-electron chi connectivity index (χ2n) is 4.57. The van der Waals surface area contributed by atoms with Crippen molar-refractivity contribution in [2.45, 2.75) is 32.6 Å². The lowest BCUT2D eigenvalue weighted by atomic mass is 9.97. The van der Waals surface area contributed by atoms with Crippen molar-refractivity contribution in [2.24, 2.45) is 0 Å². The van der Waals surface area contributed by atoms with Crippen LogP contribution in [-0.4, -0.2) is 31.2 Å². The number of carboxylic acid groups (broad SMARTS) is 1.